The first-order valence-corrected chi connectivity index (χ1v) is 5.95. The van der Waals surface area contributed by atoms with E-state index in [4.69, 9.17) is 5.84 Å². The molecule has 1 amide bonds. The third kappa shape index (κ3) is 3.29. The molecule has 1 heterocycles. The molecule has 0 radical (unpaired) electrons. The number of nitrogens with one attached hydrogen (secondary N) is 2. The lowest BCUT2D eigenvalue weighted by molar-refractivity contribution is 0.0951. The van der Waals surface area contributed by atoms with Gasteiger partial charge in [0.25, 0.3) is 5.91 Å². The van der Waals surface area contributed by atoms with Crippen molar-refractivity contribution in [1.82, 2.24) is 10.3 Å². The summed E-state index contributed by atoms with van der Waals surface area (Å²) in [6.45, 7) is 2.50. The lowest BCUT2D eigenvalue weighted by Crippen LogP contribution is -2.24. The monoisotopic (exact) mass is 256 g/mol. The van der Waals surface area contributed by atoms with Gasteiger partial charge in [-0.05, 0) is 18.6 Å². The predicted molar refractivity (Wildman–Crippen MR) is 74.4 cm³/mol. The van der Waals surface area contributed by atoms with E-state index in [0.29, 0.717) is 17.8 Å². The molecule has 0 saturated carbocycles. The molecule has 1 aromatic carbocycles. The molecule has 0 atom stereocenters. The standard InChI is InChI=1S/C14H16N4O/c1-10-2-4-11(5-3-10)8-17-14(19)12-6-7-16-9-13(12)18-15/h2-7,9,18H,8,15H2,1H3,(H,17,19). The number of benzene rings is 1. The normalized spacial score (nSPS) is 10.0. The number of aryl methyl sites for hydroxylation is 1. The van der Waals surface area contributed by atoms with E-state index >= 15 is 0 Å². The van der Waals surface area contributed by atoms with Crippen LogP contribution in [0.3, 0.4) is 0 Å². The highest BCUT2D eigenvalue weighted by molar-refractivity contribution is 5.99. The van der Waals surface area contributed by atoms with Gasteiger partial charge in [0, 0.05) is 12.7 Å². The summed E-state index contributed by atoms with van der Waals surface area (Å²) in [6.07, 6.45) is 3.07. The van der Waals surface area contributed by atoms with E-state index in [0.717, 1.165) is 5.56 Å². The fourth-order valence-corrected chi connectivity index (χ4v) is 1.69. The number of pyridine rings is 1. The van der Waals surface area contributed by atoms with Gasteiger partial charge in [-0.25, -0.2) is 0 Å². The molecule has 4 N–H and O–H groups in total. The van der Waals surface area contributed by atoms with Crippen molar-refractivity contribution in [3.63, 3.8) is 0 Å². The Morgan fingerprint density at radius 3 is 2.68 bits per heavy atom. The Morgan fingerprint density at radius 2 is 2.00 bits per heavy atom. The number of nitrogens with two attached hydrogens (primary N) is 1. The Hall–Kier alpha value is -2.40. The van der Waals surface area contributed by atoms with Crippen molar-refractivity contribution < 1.29 is 4.79 Å². The molecule has 5 nitrogen and oxygen atoms in total. The van der Waals surface area contributed by atoms with Crippen LogP contribution in [-0.4, -0.2) is 10.9 Å². The predicted octanol–water partition coefficient (Wildman–Crippen LogP) is 1.61. The molecule has 1 aromatic heterocycles. The van der Waals surface area contributed by atoms with Crippen molar-refractivity contribution in [1.29, 1.82) is 0 Å². The summed E-state index contributed by atoms with van der Waals surface area (Å²) in [5.41, 5.74) is 5.68. The van der Waals surface area contributed by atoms with Gasteiger partial charge in [-0.15, -0.1) is 0 Å². The highest BCUT2D eigenvalue weighted by atomic mass is 16.1. The fourth-order valence-electron chi connectivity index (χ4n) is 1.69. The van der Waals surface area contributed by atoms with Crippen LogP contribution >= 0.6 is 0 Å². The van der Waals surface area contributed by atoms with Gasteiger partial charge >= 0.3 is 0 Å². The van der Waals surface area contributed by atoms with Crippen LogP contribution in [0.4, 0.5) is 5.69 Å². The van der Waals surface area contributed by atoms with Crippen LogP contribution in [0, 0.1) is 6.92 Å². The van der Waals surface area contributed by atoms with Crippen molar-refractivity contribution in [2.45, 2.75) is 13.5 Å². The first-order chi connectivity index (χ1) is 9.20. The van der Waals surface area contributed by atoms with Crippen LogP contribution in [0.15, 0.2) is 42.7 Å². The zero-order valence-corrected chi connectivity index (χ0v) is 10.7. The molecule has 0 spiro atoms. The second-order valence-electron chi connectivity index (χ2n) is 4.23. The zero-order chi connectivity index (χ0) is 13.7. The number of hydrogen-bond donors (Lipinski definition) is 3. The lowest BCUT2D eigenvalue weighted by atomic mass is 10.1. The van der Waals surface area contributed by atoms with E-state index in [2.05, 4.69) is 15.7 Å². The topological polar surface area (TPSA) is 80.0 Å². The van der Waals surface area contributed by atoms with Crippen molar-refractivity contribution in [2.75, 3.05) is 5.43 Å². The second kappa shape index (κ2) is 5.97. The van der Waals surface area contributed by atoms with Gasteiger partial charge in [0.1, 0.15) is 0 Å². The van der Waals surface area contributed by atoms with Crippen LogP contribution < -0.4 is 16.6 Å². The van der Waals surface area contributed by atoms with Gasteiger partial charge in [-0.2, -0.15) is 0 Å². The summed E-state index contributed by atoms with van der Waals surface area (Å²) < 4.78 is 0. The number of aromatic nitrogens is 1. The highest BCUT2D eigenvalue weighted by Crippen LogP contribution is 2.11. The number of rotatable bonds is 4. The number of nitrogen functional groups attached to an aromatic ring is 1. The zero-order valence-electron chi connectivity index (χ0n) is 10.7. The molecule has 5 heteroatoms. The molecule has 0 saturated heterocycles. The maximum atomic E-state index is 12.0. The van der Waals surface area contributed by atoms with E-state index in [-0.39, 0.29) is 5.91 Å². The van der Waals surface area contributed by atoms with Gasteiger partial charge in [0.2, 0.25) is 0 Å². The van der Waals surface area contributed by atoms with Crippen molar-refractivity contribution >= 4 is 11.6 Å². The van der Waals surface area contributed by atoms with Gasteiger partial charge in [-0.3, -0.25) is 15.6 Å². The molecule has 0 unspecified atom stereocenters. The van der Waals surface area contributed by atoms with Gasteiger partial charge in [0.15, 0.2) is 0 Å². The average Bonchev–Trinajstić information content (AvgIpc) is 2.46. The minimum absolute atomic E-state index is 0.184. The Bertz CT molecular complexity index is 566. The number of carbonyl (C=O) groups is 1. The maximum Gasteiger partial charge on any atom is 0.253 e. The van der Waals surface area contributed by atoms with Crippen molar-refractivity contribution in [3.8, 4) is 0 Å². The van der Waals surface area contributed by atoms with E-state index < -0.39 is 0 Å². The molecule has 2 aromatic rings. The van der Waals surface area contributed by atoms with E-state index in [1.165, 1.54) is 11.8 Å². The highest BCUT2D eigenvalue weighted by Gasteiger charge is 2.09. The number of amides is 1. The quantitative estimate of drug-likeness (QED) is 0.573. The lowest BCUT2D eigenvalue weighted by Gasteiger charge is -2.09. The van der Waals surface area contributed by atoms with Gasteiger partial charge in [0.05, 0.1) is 17.4 Å². The Balaban J connectivity index is 2.03. The number of carbonyl (C=O) groups excluding carboxylic acids is 1. The summed E-state index contributed by atoms with van der Waals surface area (Å²) in [5, 5.41) is 2.85. The summed E-state index contributed by atoms with van der Waals surface area (Å²) >= 11 is 0. The number of hydrogen-bond acceptors (Lipinski definition) is 4. The van der Waals surface area contributed by atoms with Crippen molar-refractivity contribution in [2.24, 2.45) is 5.84 Å². The van der Waals surface area contributed by atoms with Crippen LogP contribution in [0.2, 0.25) is 0 Å². The van der Waals surface area contributed by atoms with Gasteiger partial charge < -0.3 is 10.7 Å². The summed E-state index contributed by atoms with van der Waals surface area (Å²) in [5.74, 6) is 5.16. The Morgan fingerprint density at radius 1 is 1.26 bits per heavy atom. The second-order valence-corrected chi connectivity index (χ2v) is 4.23. The molecule has 2 rings (SSSR count). The number of anilines is 1. The SMILES string of the molecule is Cc1ccc(CNC(=O)c2ccncc2NN)cc1. The van der Waals surface area contributed by atoms with E-state index in [1.807, 2.05) is 31.2 Å². The largest absolute Gasteiger partial charge is 0.348 e. The molecular formula is C14H16N4O. The van der Waals surface area contributed by atoms with E-state index in [1.54, 1.807) is 12.3 Å². The molecule has 0 aliphatic carbocycles. The Labute approximate surface area is 111 Å². The first-order valence-electron chi connectivity index (χ1n) is 5.95. The van der Waals surface area contributed by atoms with Crippen LogP contribution in [0.1, 0.15) is 21.5 Å². The number of nitrogens with zero attached hydrogens (tertiary/aromatic N) is 1. The third-order valence-electron chi connectivity index (χ3n) is 2.79. The third-order valence-corrected chi connectivity index (χ3v) is 2.79. The fraction of sp³-hybridized carbons (Fsp3) is 0.143. The molecule has 0 aliphatic heterocycles. The van der Waals surface area contributed by atoms with Crippen LogP contribution in [0.5, 0.6) is 0 Å². The minimum Gasteiger partial charge on any atom is -0.348 e. The molecular weight excluding hydrogens is 240 g/mol. The minimum atomic E-state index is -0.184. The van der Waals surface area contributed by atoms with Crippen molar-refractivity contribution in [3.05, 3.63) is 59.4 Å². The van der Waals surface area contributed by atoms with Gasteiger partial charge in [-0.1, -0.05) is 29.8 Å². The maximum absolute atomic E-state index is 12.0. The molecule has 0 aliphatic rings. The first kappa shape index (κ1) is 13.0. The molecule has 0 fully saturated rings. The van der Waals surface area contributed by atoms with E-state index in [9.17, 15) is 4.79 Å². The molecule has 0 bridgehead atoms. The molecule has 98 valence electrons. The summed E-state index contributed by atoms with van der Waals surface area (Å²) in [7, 11) is 0. The smallest absolute Gasteiger partial charge is 0.253 e. The van der Waals surface area contributed by atoms with Crippen LogP contribution in [-0.2, 0) is 6.54 Å². The Kier molecular flexibility index (Phi) is 4.10. The average molecular weight is 256 g/mol. The summed E-state index contributed by atoms with van der Waals surface area (Å²) in [4.78, 5) is 15.9. The summed E-state index contributed by atoms with van der Waals surface area (Å²) in [6, 6.07) is 9.63. The number of hydrazine groups is 1. The van der Waals surface area contributed by atoms with Crippen LogP contribution in [0.25, 0.3) is 0 Å². The molecule has 19 heavy (non-hydrogen) atoms.